The Morgan fingerprint density at radius 2 is 1.68 bits per heavy atom. The Bertz CT molecular complexity index is 435. The molecule has 0 amide bonds. The van der Waals surface area contributed by atoms with E-state index in [4.69, 9.17) is 0 Å². The quantitative estimate of drug-likeness (QED) is 0.726. The number of halogens is 3. The van der Waals surface area contributed by atoms with Crippen LogP contribution in [-0.2, 0) is 12.7 Å². The highest BCUT2D eigenvalue weighted by molar-refractivity contribution is 5.24. The number of alkyl halides is 3. The predicted molar refractivity (Wildman–Crippen MR) is 69.7 cm³/mol. The van der Waals surface area contributed by atoms with E-state index in [-0.39, 0.29) is 0 Å². The van der Waals surface area contributed by atoms with E-state index in [0.29, 0.717) is 0 Å². The molecular weight excluding hydrogens is 251 g/mol. The molecule has 1 aliphatic rings. The van der Waals surface area contributed by atoms with Crippen molar-refractivity contribution < 1.29 is 13.2 Å². The minimum absolute atomic E-state index is 0.578. The Morgan fingerprint density at radius 1 is 1.11 bits per heavy atom. The molecule has 1 aliphatic heterocycles. The molecule has 104 valence electrons. The lowest BCUT2D eigenvalue weighted by Crippen LogP contribution is -2.30. The van der Waals surface area contributed by atoms with Gasteiger partial charge in [-0.05, 0) is 37.5 Å². The van der Waals surface area contributed by atoms with Crippen molar-refractivity contribution in [2.45, 2.75) is 32.5 Å². The van der Waals surface area contributed by atoms with E-state index >= 15 is 0 Å². The van der Waals surface area contributed by atoms with Crippen LogP contribution in [-0.4, -0.2) is 18.0 Å². The fourth-order valence-corrected chi connectivity index (χ4v) is 2.34. The van der Waals surface area contributed by atoms with Crippen LogP contribution in [0.5, 0.6) is 0 Å². The number of likely N-dealkylation sites (tertiary alicyclic amines) is 1. The van der Waals surface area contributed by atoms with Crippen molar-refractivity contribution in [3.8, 4) is 0 Å². The summed E-state index contributed by atoms with van der Waals surface area (Å²) in [5.41, 5.74) is 1.84. The van der Waals surface area contributed by atoms with Crippen molar-refractivity contribution in [3.63, 3.8) is 0 Å². The molecule has 0 aliphatic carbocycles. The van der Waals surface area contributed by atoms with Crippen molar-refractivity contribution in [2.24, 2.45) is 0 Å². The highest BCUT2D eigenvalue weighted by Gasteiger charge is 2.29. The van der Waals surface area contributed by atoms with Gasteiger partial charge in [-0.15, -0.1) is 0 Å². The molecular formula is C15H18F3N. The third-order valence-corrected chi connectivity index (χ3v) is 3.59. The van der Waals surface area contributed by atoms with E-state index < -0.39 is 11.7 Å². The summed E-state index contributed by atoms with van der Waals surface area (Å²) in [6.45, 7) is 4.76. The maximum absolute atomic E-state index is 12.4. The van der Waals surface area contributed by atoms with Crippen LogP contribution in [0, 0.1) is 0 Å². The van der Waals surface area contributed by atoms with Crippen LogP contribution < -0.4 is 0 Å². The minimum atomic E-state index is -4.25. The monoisotopic (exact) mass is 269 g/mol. The van der Waals surface area contributed by atoms with E-state index in [0.717, 1.165) is 50.2 Å². The van der Waals surface area contributed by atoms with Crippen LogP contribution in [0.2, 0.25) is 0 Å². The van der Waals surface area contributed by atoms with E-state index in [1.807, 2.05) is 0 Å². The normalized spacial score (nSPS) is 17.6. The van der Waals surface area contributed by atoms with Gasteiger partial charge >= 0.3 is 6.18 Å². The third-order valence-electron chi connectivity index (χ3n) is 3.59. The van der Waals surface area contributed by atoms with Gasteiger partial charge in [-0.25, -0.2) is 0 Å². The third kappa shape index (κ3) is 3.83. The number of nitrogens with zero attached hydrogens (tertiary/aromatic N) is 1. The second kappa shape index (κ2) is 5.78. The number of hydrogen-bond acceptors (Lipinski definition) is 1. The van der Waals surface area contributed by atoms with Crippen LogP contribution >= 0.6 is 0 Å². The van der Waals surface area contributed by atoms with Gasteiger partial charge in [0.1, 0.15) is 0 Å². The molecule has 0 aromatic heterocycles. The van der Waals surface area contributed by atoms with E-state index in [2.05, 4.69) is 17.9 Å². The highest BCUT2D eigenvalue weighted by atomic mass is 19.4. The molecule has 0 spiro atoms. The van der Waals surface area contributed by atoms with Crippen molar-refractivity contribution in [2.75, 3.05) is 13.1 Å². The summed E-state index contributed by atoms with van der Waals surface area (Å²) in [6.07, 6.45) is 0.0498. The molecule has 0 radical (unpaired) electrons. The number of allylic oxidation sites excluding steroid dienone is 1. The number of piperidine rings is 1. The van der Waals surface area contributed by atoms with Crippen LogP contribution in [0.1, 0.15) is 30.9 Å². The average molecular weight is 269 g/mol. The molecule has 1 saturated heterocycles. The first-order valence-electron chi connectivity index (χ1n) is 6.51. The average Bonchev–Trinajstić information content (AvgIpc) is 2.39. The fraction of sp³-hybridized carbons (Fsp3) is 0.467. The Hall–Kier alpha value is -1.29. The van der Waals surface area contributed by atoms with Crippen LogP contribution in [0.15, 0.2) is 35.9 Å². The Labute approximate surface area is 111 Å². The van der Waals surface area contributed by atoms with E-state index in [9.17, 15) is 13.2 Å². The van der Waals surface area contributed by atoms with Crippen LogP contribution in [0.25, 0.3) is 0 Å². The van der Waals surface area contributed by atoms with Gasteiger partial charge in [0.2, 0.25) is 0 Å². The maximum atomic E-state index is 12.4. The Balaban J connectivity index is 1.94. The van der Waals surface area contributed by atoms with Gasteiger partial charge in [-0.3, -0.25) is 4.90 Å². The smallest absolute Gasteiger partial charge is 0.298 e. The lowest BCUT2D eigenvalue weighted by Gasteiger charge is -2.28. The summed E-state index contributed by atoms with van der Waals surface area (Å²) in [4.78, 5) is 2.29. The van der Waals surface area contributed by atoms with Crippen molar-refractivity contribution >= 4 is 0 Å². The zero-order valence-electron chi connectivity index (χ0n) is 11.0. The molecule has 19 heavy (non-hydrogen) atoms. The summed E-state index contributed by atoms with van der Waals surface area (Å²) >= 11 is 0. The molecule has 0 bridgehead atoms. The van der Waals surface area contributed by atoms with Crippen molar-refractivity contribution in [3.05, 3.63) is 47.0 Å². The molecule has 0 saturated carbocycles. The molecule has 4 heteroatoms. The van der Waals surface area contributed by atoms with Gasteiger partial charge in [0, 0.05) is 19.6 Å². The molecule has 1 aromatic rings. The summed E-state index contributed by atoms with van der Waals surface area (Å²) in [6, 6.07) is 5.48. The SMILES string of the molecule is CC=C1CCN(Cc2ccc(C(F)(F)F)cc2)CC1. The molecule has 0 unspecified atom stereocenters. The first kappa shape index (κ1) is 14.1. The summed E-state index contributed by atoms with van der Waals surface area (Å²) in [7, 11) is 0. The first-order valence-corrected chi connectivity index (χ1v) is 6.51. The summed E-state index contributed by atoms with van der Waals surface area (Å²) < 4.78 is 37.3. The first-order chi connectivity index (χ1) is 8.99. The minimum Gasteiger partial charge on any atom is -0.298 e. The lowest BCUT2D eigenvalue weighted by molar-refractivity contribution is -0.137. The highest BCUT2D eigenvalue weighted by Crippen LogP contribution is 2.29. The van der Waals surface area contributed by atoms with Gasteiger partial charge in [0.25, 0.3) is 0 Å². The maximum Gasteiger partial charge on any atom is 0.416 e. The van der Waals surface area contributed by atoms with Crippen molar-refractivity contribution in [1.82, 2.24) is 4.90 Å². The van der Waals surface area contributed by atoms with Gasteiger partial charge < -0.3 is 0 Å². The molecule has 1 fully saturated rings. The molecule has 0 N–H and O–H groups in total. The second-order valence-electron chi connectivity index (χ2n) is 4.92. The largest absolute Gasteiger partial charge is 0.416 e. The standard InChI is InChI=1S/C15H18F3N/c1-2-12-7-9-19(10-8-12)11-13-3-5-14(6-4-13)15(16,17)18/h2-6H,7-11H2,1H3. The van der Waals surface area contributed by atoms with E-state index in [1.54, 1.807) is 12.1 Å². The van der Waals surface area contributed by atoms with Gasteiger partial charge in [0.05, 0.1) is 5.56 Å². The molecule has 1 heterocycles. The molecule has 0 atom stereocenters. The topological polar surface area (TPSA) is 3.24 Å². The lowest BCUT2D eigenvalue weighted by atomic mass is 10.0. The zero-order chi connectivity index (χ0) is 13.9. The molecule has 1 nitrogen and oxygen atoms in total. The van der Waals surface area contributed by atoms with Crippen LogP contribution in [0.3, 0.4) is 0 Å². The number of hydrogen-bond donors (Lipinski definition) is 0. The van der Waals surface area contributed by atoms with E-state index in [1.165, 1.54) is 5.57 Å². The van der Waals surface area contributed by atoms with Gasteiger partial charge in [-0.2, -0.15) is 13.2 Å². The van der Waals surface area contributed by atoms with Crippen molar-refractivity contribution in [1.29, 1.82) is 0 Å². The Kier molecular flexibility index (Phi) is 4.30. The van der Waals surface area contributed by atoms with Gasteiger partial charge in [-0.1, -0.05) is 23.8 Å². The Morgan fingerprint density at radius 3 is 2.16 bits per heavy atom. The molecule has 2 rings (SSSR count). The second-order valence-corrected chi connectivity index (χ2v) is 4.92. The predicted octanol–water partition coefficient (Wildman–Crippen LogP) is 4.25. The summed E-state index contributed by atoms with van der Waals surface area (Å²) in [5.74, 6) is 0. The summed E-state index contributed by atoms with van der Waals surface area (Å²) in [5, 5.41) is 0. The molecule has 1 aromatic carbocycles. The zero-order valence-corrected chi connectivity index (χ0v) is 11.0. The fourth-order valence-electron chi connectivity index (χ4n) is 2.34. The number of rotatable bonds is 2. The number of benzene rings is 1. The van der Waals surface area contributed by atoms with Gasteiger partial charge in [0.15, 0.2) is 0 Å². The van der Waals surface area contributed by atoms with Crippen LogP contribution in [0.4, 0.5) is 13.2 Å².